The van der Waals surface area contributed by atoms with Crippen LogP contribution in [0.1, 0.15) is 31.4 Å². The van der Waals surface area contributed by atoms with Crippen LogP contribution in [-0.4, -0.2) is 34.7 Å². The normalized spacial score (nSPS) is 15.9. The number of carbonyl (C=O) groups excluding carboxylic acids is 3. The molecule has 0 radical (unpaired) electrons. The van der Waals surface area contributed by atoms with Gasteiger partial charge >= 0.3 is 5.97 Å². The summed E-state index contributed by atoms with van der Waals surface area (Å²) in [4.78, 5) is 38.2. The molecule has 2 aromatic carbocycles. The van der Waals surface area contributed by atoms with Crippen LogP contribution < -0.4 is 4.74 Å². The van der Waals surface area contributed by atoms with Crippen LogP contribution >= 0.6 is 39.3 Å². The Morgan fingerprint density at radius 2 is 1.94 bits per heavy atom. The molecule has 9 heteroatoms. The molecule has 0 N–H and O–H groups in total. The van der Waals surface area contributed by atoms with E-state index in [1.54, 1.807) is 37.3 Å². The first-order valence-electron chi connectivity index (χ1n) is 9.88. The van der Waals surface area contributed by atoms with Crippen molar-refractivity contribution in [2.45, 2.75) is 33.0 Å². The zero-order valence-electron chi connectivity index (χ0n) is 17.5. The number of rotatable bonds is 8. The number of hydrogen-bond acceptors (Lipinski definition) is 6. The van der Waals surface area contributed by atoms with Gasteiger partial charge in [0.05, 0.1) is 11.0 Å². The number of hydrogen-bond donors (Lipinski definition) is 0. The smallest absolute Gasteiger partial charge is 0.326 e. The summed E-state index contributed by atoms with van der Waals surface area (Å²) in [5.74, 6) is -0.604. The van der Waals surface area contributed by atoms with Crippen LogP contribution in [-0.2, 0) is 20.9 Å². The fraction of sp³-hybridized carbons (Fsp3) is 0.261. The lowest BCUT2D eigenvalue weighted by molar-refractivity contribution is -0.150. The highest BCUT2D eigenvalue weighted by atomic mass is 79.9. The van der Waals surface area contributed by atoms with E-state index in [-0.39, 0.29) is 11.0 Å². The van der Waals surface area contributed by atoms with Crippen molar-refractivity contribution in [1.29, 1.82) is 0 Å². The average Bonchev–Trinajstić information content (AvgIpc) is 3.01. The van der Waals surface area contributed by atoms with Crippen LogP contribution in [0.4, 0.5) is 4.79 Å². The zero-order valence-corrected chi connectivity index (χ0v) is 20.6. The number of halogens is 2. The molecule has 1 aliphatic heterocycles. The SMILES string of the molecule is CC[C@H](C)OC(=O)CN1C(=O)S/C(=C/c2cc(Br)ccc2OCc2ccc(Cl)cc2)C1=O. The maximum atomic E-state index is 12.8. The molecular weight excluding hydrogens is 518 g/mol. The zero-order chi connectivity index (χ0) is 23.3. The van der Waals surface area contributed by atoms with Gasteiger partial charge in [0, 0.05) is 15.1 Å². The minimum atomic E-state index is -0.614. The topological polar surface area (TPSA) is 72.9 Å². The van der Waals surface area contributed by atoms with Gasteiger partial charge in [-0.15, -0.1) is 0 Å². The first-order chi connectivity index (χ1) is 15.3. The van der Waals surface area contributed by atoms with E-state index in [0.717, 1.165) is 26.7 Å². The monoisotopic (exact) mass is 537 g/mol. The van der Waals surface area contributed by atoms with Gasteiger partial charge in [0.15, 0.2) is 0 Å². The standard InChI is InChI=1S/C23H21BrClNO5S/c1-3-14(2)31-21(27)12-26-22(28)20(32-23(26)29)11-16-10-17(24)6-9-19(16)30-13-15-4-7-18(25)8-5-15/h4-11,14H,3,12-13H2,1-2H3/b20-11+/t14-/m0/s1. The van der Waals surface area contributed by atoms with E-state index < -0.39 is 23.7 Å². The molecule has 32 heavy (non-hydrogen) atoms. The summed E-state index contributed by atoms with van der Waals surface area (Å²) < 4.78 is 11.9. The second-order valence-electron chi connectivity index (χ2n) is 7.07. The molecule has 1 saturated heterocycles. The number of ether oxygens (including phenoxy) is 2. The number of amides is 2. The van der Waals surface area contributed by atoms with Crippen LogP contribution in [0.2, 0.25) is 5.02 Å². The Balaban J connectivity index is 1.76. The van der Waals surface area contributed by atoms with Crippen LogP contribution in [0.5, 0.6) is 5.75 Å². The minimum Gasteiger partial charge on any atom is -0.488 e. The van der Waals surface area contributed by atoms with Gasteiger partial charge < -0.3 is 9.47 Å². The summed E-state index contributed by atoms with van der Waals surface area (Å²) in [7, 11) is 0. The number of benzene rings is 2. The average molecular weight is 539 g/mol. The summed E-state index contributed by atoms with van der Waals surface area (Å²) in [6.45, 7) is 3.53. The van der Waals surface area contributed by atoms with Gasteiger partial charge in [-0.2, -0.15) is 0 Å². The Kier molecular flexibility index (Phi) is 8.39. The summed E-state index contributed by atoms with van der Waals surface area (Å²) in [6, 6.07) is 12.7. The molecule has 6 nitrogen and oxygen atoms in total. The maximum Gasteiger partial charge on any atom is 0.326 e. The molecule has 2 amide bonds. The molecule has 168 valence electrons. The van der Waals surface area contributed by atoms with Gasteiger partial charge in [0.25, 0.3) is 11.1 Å². The van der Waals surface area contributed by atoms with E-state index in [0.29, 0.717) is 29.4 Å². The van der Waals surface area contributed by atoms with Crippen molar-refractivity contribution >= 4 is 62.5 Å². The third-order valence-corrected chi connectivity index (χ3v) is 6.29. The second kappa shape index (κ2) is 11.0. The second-order valence-corrected chi connectivity index (χ2v) is 9.42. The number of thioether (sulfide) groups is 1. The van der Waals surface area contributed by atoms with Gasteiger partial charge in [-0.25, -0.2) is 0 Å². The van der Waals surface area contributed by atoms with Gasteiger partial charge in [-0.3, -0.25) is 19.3 Å². The van der Waals surface area contributed by atoms with Gasteiger partial charge in [0.2, 0.25) is 0 Å². The lowest BCUT2D eigenvalue weighted by Crippen LogP contribution is -2.35. The number of carbonyl (C=O) groups is 3. The highest BCUT2D eigenvalue weighted by molar-refractivity contribution is 9.10. The van der Waals surface area contributed by atoms with Gasteiger partial charge in [-0.05, 0) is 67.1 Å². The molecule has 0 spiro atoms. The molecular formula is C23H21BrClNO5S. The first-order valence-corrected chi connectivity index (χ1v) is 11.9. The van der Waals surface area contributed by atoms with Crippen LogP contribution in [0, 0.1) is 0 Å². The number of imide groups is 1. The Morgan fingerprint density at radius 1 is 1.22 bits per heavy atom. The summed E-state index contributed by atoms with van der Waals surface area (Å²) >= 11 is 10.1. The van der Waals surface area contributed by atoms with Gasteiger partial charge in [-0.1, -0.05) is 46.6 Å². The van der Waals surface area contributed by atoms with E-state index in [2.05, 4.69) is 15.9 Å². The van der Waals surface area contributed by atoms with Crippen molar-refractivity contribution in [3.05, 3.63) is 68.0 Å². The largest absolute Gasteiger partial charge is 0.488 e. The van der Waals surface area contributed by atoms with Crippen molar-refractivity contribution in [2.24, 2.45) is 0 Å². The third-order valence-electron chi connectivity index (χ3n) is 4.63. The van der Waals surface area contributed by atoms with E-state index >= 15 is 0 Å². The number of nitrogens with zero attached hydrogens (tertiary/aromatic N) is 1. The van der Waals surface area contributed by atoms with E-state index in [1.165, 1.54) is 0 Å². The summed E-state index contributed by atoms with van der Waals surface area (Å²) in [5, 5.41) is 0.128. The highest BCUT2D eigenvalue weighted by Gasteiger charge is 2.37. The number of esters is 1. The van der Waals surface area contributed by atoms with Crippen molar-refractivity contribution in [3.8, 4) is 5.75 Å². The molecule has 2 aromatic rings. The Labute approximate surface area is 204 Å². The fourth-order valence-corrected chi connectivity index (χ4v) is 4.09. The molecule has 0 bridgehead atoms. The Bertz CT molecular complexity index is 1060. The highest BCUT2D eigenvalue weighted by Crippen LogP contribution is 2.35. The molecule has 0 unspecified atom stereocenters. The van der Waals surface area contributed by atoms with E-state index in [9.17, 15) is 14.4 Å². The van der Waals surface area contributed by atoms with Crippen molar-refractivity contribution in [3.63, 3.8) is 0 Å². The van der Waals surface area contributed by atoms with Gasteiger partial charge in [0.1, 0.15) is 18.9 Å². The van der Waals surface area contributed by atoms with E-state index in [4.69, 9.17) is 21.1 Å². The van der Waals surface area contributed by atoms with E-state index in [1.807, 2.05) is 25.1 Å². The van der Waals surface area contributed by atoms with Crippen LogP contribution in [0.15, 0.2) is 51.8 Å². The Morgan fingerprint density at radius 3 is 2.62 bits per heavy atom. The quantitative estimate of drug-likeness (QED) is 0.300. The molecule has 1 aliphatic rings. The van der Waals surface area contributed by atoms with Crippen LogP contribution in [0.25, 0.3) is 6.08 Å². The van der Waals surface area contributed by atoms with Crippen molar-refractivity contribution in [2.75, 3.05) is 6.54 Å². The molecule has 1 heterocycles. The molecule has 1 atom stereocenters. The predicted molar refractivity (Wildman–Crippen MR) is 128 cm³/mol. The third kappa shape index (κ3) is 6.37. The van der Waals surface area contributed by atoms with Crippen LogP contribution in [0.3, 0.4) is 0 Å². The molecule has 1 fully saturated rings. The summed E-state index contributed by atoms with van der Waals surface area (Å²) in [5.41, 5.74) is 1.56. The fourth-order valence-electron chi connectivity index (χ4n) is 2.76. The Hall–Kier alpha value is -2.29. The molecule has 3 rings (SSSR count). The summed E-state index contributed by atoms with van der Waals surface area (Å²) in [6.07, 6.45) is 1.96. The maximum absolute atomic E-state index is 12.8. The lowest BCUT2D eigenvalue weighted by Gasteiger charge is -2.15. The van der Waals surface area contributed by atoms with Crippen molar-refractivity contribution in [1.82, 2.24) is 4.90 Å². The molecule has 0 aromatic heterocycles. The lowest BCUT2D eigenvalue weighted by atomic mass is 10.1. The molecule has 0 aliphatic carbocycles. The minimum absolute atomic E-state index is 0.209. The molecule has 0 saturated carbocycles. The predicted octanol–water partition coefficient (Wildman–Crippen LogP) is 6.06. The van der Waals surface area contributed by atoms with Crippen molar-refractivity contribution < 1.29 is 23.9 Å². The first kappa shape index (κ1) is 24.4.